The van der Waals surface area contributed by atoms with Gasteiger partial charge in [-0.3, -0.25) is 4.79 Å². The summed E-state index contributed by atoms with van der Waals surface area (Å²) in [5.41, 5.74) is 15.7. The van der Waals surface area contributed by atoms with E-state index in [0.29, 0.717) is 33.9 Å². The van der Waals surface area contributed by atoms with E-state index in [1.54, 1.807) is 18.2 Å². The maximum atomic E-state index is 12.6. The third-order valence-electron chi connectivity index (χ3n) is 5.56. The number of carbonyl (C=O) groups excluding carboxylic acids is 1. The number of fused-ring (bicyclic) bond motifs is 1. The predicted octanol–water partition coefficient (Wildman–Crippen LogP) is 2.69. The van der Waals surface area contributed by atoms with Crippen molar-refractivity contribution in [2.45, 2.75) is 31.8 Å². The highest BCUT2D eigenvalue weighted by atomic mass is 16.1. The summed E-state index contributed by atoms with van der Waals surface area (Å²) in [6.07, 6.45) is 3.16. The average molecular weight is 414 g/mol. The molecule has 0 aliphatic heterocycles. The molecule has 1 aromatic carbocycles. The number of pyridine rings is 1. The Hall–Kier alpha value is -3.85. The highest BCUT2D eigenvalue weighted by Crippen LogP contribution is 2.37. The van der Waals surface area contributed by atoms with Gasteiger partial charge in [0.25, 0.3) is 5.91 Å². The van der Waals surface area contributed by atoms with Gasteiger partial charge >= 0.3 is 0 Å². The van der Waals surface area contributed by atoms with E-state index in [1.165, 1.54) is 6.33 Å². The fraction of sp³-hybridized carbons (Fsp3) is 0.227. The first-order valence-electron chi connectivity index (χ1n) is 10.1. The van der Waals surface area contributed by atoms with Gasteiger partial charge in [-0.25, -0.2) is 19.6 Å². The van der Waals surface area contributed by atoms with E-state index >= 15 is 0 Å². The zero-order valence-corrected chi connectivity index (χ0v) is 17.0. The van der Waals surface area contributed by atoms with Crippen LogP contribution in [0.25, 0.3) is 22.3 Å². The Bertz CT molecular complexity index is 1270. The minimum Gasteiger partial charge on any atom is -0.383 e. The van der Waals surface area contributed by atoms with E-state index < -0.39 is 0 Å². The number of nitrogens with one attached hydrogen (secondary N) is 1. The minimum absolute atomic E-state index is 0.188. The molecule has 0 radical (unpaired) electrons. The van der Waals surface area contributed by atoms with Crippen molar-refractivity contribution in [1.29, 1.82) is 0 Å². The largest absolute Gasteiger partial charge is 0.383 e. The van der Waals surface area contributed by atoms with Crippen molar-refractivity contribution in [1.82, 2.24) is 24.7 Å². The molecule has 1 amide bonds. The van der Waals surface area contributed by atoms with Gasteiger partial charge in [-0.1, -0.05) is 18.2 Å². The van der Waals surface area contributed by atoms with E-state index in [2.05, 4.69) is 20.3 Å². The van der Waals surface area contributed by atoms with Crippen molar-refractivity contribution in [2.24, 2.45) is 5.73 Å². The maximum Gasteiger partial charge on any atom is 0.256 e. The number of hydrogen-bond donors (Lipinski definition) is 3. The summed E-state index contributed by atoms with van der Waals surface area (Å²) in [4.78, 5) is 25.4. The van der Waals surface area contributed by atoms with Crippen LogP contribution in [0.1, 0.15) is 34.9 Å². The Morgan fingerprint density at radius 3 is 2.61 bits per heavy atom. The second kappa shape index (κ2) is 7.44. The van der Waals surface area contributed by atoms with Crippen molar-refractivity contribution in [3.8, 4) is 11.3 Å². The SMILES string of the molecule is Cc1cccc(NC(=O)c2ccc(-c3nn(C4CC(N)C4)c4ncnc(N)c34)cc2)n1. The molecule has 5 rings (SSSR count). The van der Waals surface area contributed by atoms with Crippen molar-refractivity contribution in [3.05, 3.63) is 60.0 Å². The quantitative estimate of drug-likeness (QED) is 0.467. The van der Waals surface area contributed by atoms with Crippen LogP contribution < -0.4 is 16.8 Å². The Balaban J connectivity index is 1.46. The van der Waals surface area contributed by atoms with Crippen LogP contribution in [-0.2, 0) is 0 Å². The summed E-state index contributed by atoms with van der Waals surface area (Å²) in [5, 5.41) is 8.32. The number of aryl methyl sites for hydroxylation is 1. The highest BCUT2D eigenvalue weighted by molar-refractivity contribution is 6.04. The first-order chi connectivity index (χ1) is 15.0. The first kappa shape index (κ1) is 19.1. The summed E-state index contributed by atoms with van der Waals surface area (Å²) in [7, 11) is 0. The van der Waals surface area contributed by atoms with Crippen LogP contribution in [0.2, 0.25) is 0 Å². The number of benzene rings is 1. The molecule has 0 atom stereocenters. The summed E-state index contributed by atoms with van der Waals surface area (Å²) in [6.45, 7) is 1.88. The predicted molar refractivity (Wildman–Crippen MR) is 118 cm³/mol. The normalized spacial score (nSPS) is 18.0. The smallest absolute Gasteiger partial charge is 0.256 e. The molecular formula is C22H22N8O. The molecular weight excluding hydrogens is 392 g/mol. The lowest BCUT2D eigenvalue weighted by atomic mass is 9.88. The van der Waals surface area contributed by atoms with Crippen molar-refractivity contribution in [3.63, 3.8) is 0 Å². The number of nitrogens with zero attached hydrogens (tertiary/aromatic N) is 5. The third kappa shape index (κ3) is 3.49. The second-order valence-electron chi connectivity index (χ2n) is 7.83. The molecule has 1 saturated carbocycles. The van der Waals surface area contributed by atoms with Crippen LogP contribution >= 0.6 is 0 Å². The van der Waals surface area contributed by atoms with Gasteiger partial charge in [-0.2, -0.15) is 5.10 Å². The zero-order chi connectivity index (χ0) is 21.5. The number of nitrogens with two attached hydrogens (primary N) is 2. The molecule has 156 valence electrons. The molecule has 0 saturated heterocycles. The van der Waals surface area contributed by atoms with Crippen molar-refractivity contribution < 1.29 is 4.79 Å². The lowest BCUT2D eigenvalue weighted by molar-refractivity contribution is 0.102. The summed E-state index contributed by atoms with van der Waals surface area (Å²) in [6, 6.07) is 13.1. The Kier molecular flexibility index (Phi) is 4.59. The fourth-order valence-corrected chi connectivity index (χ4v) is 3.86. The first-order valence-corrected chi connectivity index (χ1v) is 10.1. The topological polar surface area (TPSA) is 138 Å². The van der Waals surface area contributed by atoms with Gasteiger partial charge < -0.3 is 16.8 Å². The molecule has 1 fully saturated rings. The van der Waals surface area contributed by atoms with Crippen LogP contribution in [0.15, 0.2) is 48.8 Å². The number of anilines is 2. The molecule has 1 aliphatic rings. The maximum absolute atomic E-state index is 12.6. The van der Waals surface area contributed by atoms with Gasteiger partial charge in [0.15, 0.2) is 5.65 Å². The van der Waals surface area contributed by atoms with Crippen molar-refractivity contribution in [2.75, 3.05) is 11.1 Å². The number of rotatable bonds is 4. The van der Waals surface area contributed by atoms with Gasteiger partial charge in [0, 0.05) is 22.9 Å². The van der Waals surface area contributed by atoms with E-state index in [4.69, 9.17) is 16.6 Å². The number of nitrogen functional groups attached to an aromatic ring is 1. The standard InChI is InChI=1S/C22H22N8O/c1-12-3-2-4-17(27-12)28-22(31)14-7-5-13(6-8-14)19-18-20(24)25-11-26-21(18)30(29-19)16-9-15(23)10-16/h2-8,11,15-16H,9-10,23H2,1H3,(H2,24,25,26)(H,27,28,31). The molecule has 31 heavy (non-hydrogen) atoms. The van der Waals surface area contributed by atoms with Crippen LogP contribution in [0.5, 0.6) is 0 Å². The molecule has 1 aliphatic carbocycles. The van der Waals surface area contributed by atoms with Gasteiger partial charge in [0.2, 0.25) is 0 Å². The molecule has 0 spiro atoms. The fourth-order valence-electron chi connectivity index (χ4n) is 3.86. The number of amides is 1. The monoisotopic (exact) mass is 414 g/mol. The number of hydrogen-bond acceptors (Lipinski definition) is 7. The average Bonchev–Trinajstić information content (AvgIpc) is 3.12. The minimum atomic E-state index is -0.230. The van der Waals surface area contributed by atoms with Gasteiger partial charge in [0.05, 0.1) is 11.4 Å². The van der Waals surface area contributed by atoms with Crippen LogP contribution in [0, 0.1) is 6.92 Å². The third-order valence-corrected chi connectivity index (χ3v) is 5.56. The van der Waals surface area contributed by atoms with E-state index in [0.717, 1.165) is 24.1 Å². The highest BCUT2D eigenvalue weighted by Gasteiger charge is 2.31. The van der Waals surface area contributed by atoms with E-state index in [-0.39, 0.29) is 18.0 Å². The van der Waals surface area contributed by atoms with E-state index in [1.807, 2.05) is 35.9 Å². The summed E-state index contributed by atoms with van der Waals surface area (Å²) >= 11 is 0. The van der Waals surface area contributed by atoms with Gasteiger partial charge in [-0.05, 0) is 44.0 Å². The molecule has 0 bridgehead atoms. The molecule has 3 aromatic heterocycles. The lowest BCUT2D eigenvalue weighted by Gasteiger charge is -2.32. The second-order valence-corrected chi connectivity index (χ2v) is 7.83. The number of aromatic nitrogens is 5. The molecule has 9 nitrogen and oxygen atoms in total. The molecule has 9 heteroatoms. The Labute approximate surface area is 178 Å². The van der Waals surface area contributed by atoms with E-state index in [9.17, 15) is 4.79 Å². The van der Waals surface area contributed by atoms with Crippen LogP contribution in [0.4, 0.5) is 11.6 Å². The molecule has 4 aromatic rings. The zero-order valence-electron chi connectivity index (χ0n) is 17.0. The molecule has 0 unspecified atom stereocenters. The van der Waals surface area contributed by atoms with Crippen molar-refractivity contribution >= 4 is 28.6 Å². The van der Waals surface area contributed by atoms with Gasteiger partial charge in [-0.15, -0.1) is 0 Å². The van der Waals surface area contributed by atoms with Crippen LogP contribution in [-0.4, -0.2) is 36.7 Å². The van der Waals surface area contributed by atoms with Gasteiger partial charge in [0.1, 0.15) is 23.7 Å². The molecule has 3 heterocycles. The summed E-state index contributed by atoms with van der Waals surface area (Å²) < 4.78 is 1.90. The lowest BCUT2D eigenvalue weighted by Crippen LogP contribution is -2.38. The van der Waals surface area contributed by atoms with Crippen LogP contribution in [0.3, 0.4) is 0 Å². The Morgan fingerprint density at radius 1 is 1.13 bits per heavy atom. The summed E-state index contributed by atoms with van der Waals surface area (Å²) in [5.74, 6) is 0.663. The Morgan fingerprint density at radius 2 is 1.90 bits per heavy atom. The molecule has 5 N–H and O–H groups in total. The number of carbonyl (C=O) groups is 1.